The van der Waals surface area contributed by atoms with Crippen LogP contribution in [0.2, 0.25) is 0 Å². The molecule has 5 heteroatoms. The van der Waals surface area contributed by atoms with E-state index in [4.69, 9.17) is 5.41 Å². The number of hydrogen-bond donors (Lipinski definition) is 1. The second-order valence-electron chi connectivity index (χ2n) is 3.37. The zero-order valence-corrected chi connectivity index (χ0v) is 9.62. The molecule has 0 saturated heterocycles. The summed E-state index contributed by atoms with van der Waals surface area (Å²) in [6.07, 6.45) is 0. The summed E-state index contributed by atoms with van der Waals surface area (Å²) in [4.78, 5) is 12.1. The second-order valence-corrected chi connectivity index (χ2v) is 4.55. The Kier molecular flexibility index (Phi) is 2.96. The van der Waals surface area contributed by atoms with Crippen LogP contribution in [0.3, 0.4) is 0 Å². The SMILES string of the molecule is Cc1nn(CC(=O)c2ccccc2)c(=N)s1. The standard InChI is InChI=1S/C11H11N3OS/c1-8-13-14(11(12)16-8)7-10(15)9-5-3-2-4-6-9/h2-6,12H,7H2,1H3. The summed E-state index contributed by atoms with van der Waals surface area (Å²) in [5.74, 6) is -0.0237. The van der Waals surface area contributed by atoms with Gasteiger partial charge in [0.1, 0.15) is 11.6 Å². The third kappa shape index (κ3) is 2.25. The van der Waals surface area contributed by atoms with Crippen molar-refractivity contribution in [2.45, 2.75) is 13.5 Å². The molecule has 1 heterocycles. The van der Waals surface area contributed by atoms with E-state index in [2.05, 4.69) is 5.10 Å². The van der Waals surface area contributed by atoms with E-state index in [9.17, 15) is 4.79 Å². The molecule has 0 aliphatic rings. The van der Waals surface area contributed by atoms with Crippen LogP contribution in [0.25, 0.3) is 0 Å². The van der Waals surface area contributed by atoms with Gasteiger partial charge in [0.2, 0.25) is 4.80 Å². The highest BCUT2D eigenvalue weighted by molar-refractivity contribution is 7.08. The maximum atomic E-state index is 11.8. The number of ketones is 1. The molecule has 0 radical (unpaired) electrons. The van der Waals surface area contributed by atoms with E-state index in [0.717, 1.165) is 5.01 Å². The third-order valence-electron chi connectivity index (χ3n) is 2.13. The van der Waals surface area contributed by atoms with Crippen molar-refractivity contribution in [2.75, 3.05) is 0 Å². The summed E-state index contributed by atoms with van der Waals surface area (Å²) < 4.78 is 1.43. The Bertz CT molecular complexity index is 556. The van der Waals surface area contributed by atoms with Crippen LogP contribution in [0.15, 0.2) is 30.3 Å². The molecule has 0 atom stereocenters. The largest absolute Gasteiger partial charge is 0.292 e. The van der Waals surface area contributed by atoms with Crippen molar-refractivity contribution >= 4 is 17.1 Å². The number of nitrogens with one attached hydrogen (secondary N) is 1. The van der Waals surface area contributed by atoms with Crippen molar-refractivity contribution in [2.24, 2.45) is 0 Å². The van der Waals surface area contributed by atoms with E-state index in [-0.39, 0.29) is 12.3 Å². The van der Waals surface area contributed by atoms with E-state index in [1.807, 2.05) is 25.1 Å². The number of aryl methyl sites for hydroxylation is 1. The van der Waals surface area contributed by atoms with Gasteiger partial charge in [-0.3, -0.25) is 10.2 Å². The molecular weight excluding hydrogens is 222 g/mol. The lowest BCUT2D eigenvalue weighted by Gasteiger charge is -2.00. The summed E-state index contributed by atoms with van der Waals surface area (Å²) in [7, 11) is 0. The zero-order valence-electron chi connectivity index (χ0n) is 8.80. The van der Waals surface area contributed by atoms with Gasteiger partial charge >= 0.3 is 0 Å². The van der Waals surface area contributed by atoms with Gasteiger partial charge in [-0.15, -0.1) is 0 Å². The molecule has 4 nitrogen and oxygen atoms in total. The van der Waals surface area contributed by atoms with Crippen LogP contribution < -0.4 is 4.80 Å². The summed E-state index contributed by atoms with van der Waals surface area (Å²) in [6.45, 7) is 1.96. The molecule has 82 valence electrons. The van der Waals surface area contributed by atoms with Crippen molar-refractivity contribution in [3.63, 3.8) is 0 Å². The molecule has 0 bridgehead atoms. The normalized spacial score (nSPS) is 10.3. The Morgan fingerprint density at radius 1 is 1.44 bits per heavy atom. The van der Waals surface area contributed by atoms with Gasteiger partial charge < -0.3 is 0 Å². The summed E-state index contributed by atoms with van der Waals surface area (Å²) in [6, 6.07) is 9.06. The van der Waals surface area contributed by atoms with Crippen LogP contribution in [-0.4, -0.2) is 15.6 Å². The summed E-state index contributed by atoms with van der Waals surface area (Å²) in [5, 5.41) is 12.5. The second kappa shape index (κ2) is 4.40. The lowest BCUT2D eigenvalue weighted by atomic mass is 10.1. The van der Waals surface area contributed by atoms with E-state index in [1.165, 1.54) is 16.0 Å². The first-order chi connectivity index (χ1) is 7.66. The molecule has 2 rings (SSSR count). The van der Waals surface area contributed by atoms with Gasteiger partial charge in [0, 0.05) is 5.56 Å². The van der Waals surface area contributed by atoms with Gasteiger partial charge in [-0.05, 0) is 6.92 Å². The Morgan fingerprint density at radius 2 is 2.12 bits per heavy atom. The van der Waals surface area contributed by atoms with Gasteiger partial charge in [-0.25, -0.2) is 4.68 Å². The third-order valence-corrected chi connectivity index (χ3v) is 2.91. The Labute approximate surface area is 96.7 Å². The Morgan fingerprint density at radius 3 is 2.69 bits per heavy atom. The number of rotatable bonds is 3. The first-order valence-electron chi connectivity index (χ1n) is 4.84. The molecule has 2 aromatic rings. The predicted octanol–water partition coefficient (Wildman–Crippen LogP) is 1.62. The summed E-state index contributed by atoms with van der Waals surface area (Å²) >= 11 is 1.27. The molecular formula is C11H11N3OS. The van der Waals surface area contributed by atoms with Crippen LogP contribution in [-0.2, 0) is 6.54 Å². The number of carbonyl (C=O) groups is 1. The van der Waals surface area contributed by atoms with Crippen molar-refractivity contribution < 1.29 is 4.79 Å². The van der Waals surface area contributed by atoms with E-state index < -0.39 is 0 Å². The number of benzene rings is 1. The number of nitrogens with zero attached hydrogens (tertiary/aromatic N) is 2. The van der Waals surface area contributed by atoms with Crippen LogP contribution in [0, 0.1) is 12.3 Å². The first kappa shape index (κ1) is 10.8. The molecule has 0 aliphatic carbocycles. The van der Waals surface area contributed by atoms with Crippen molar-refractivity contribution in [3.05, 3.63) is 45.7 Å². The molecule has 0 saturated carbocycles. The Balaban J connectivity index is 2.20. The van der Waals surface area contributed by atoms with E-state index in [1.54, 1.807) is 12.1 Å². The van der Waals surface area contributed by atoms with Crippen LogP contribution in [0.4, 0.5) is 0 Å². The average molecular weight is 233 g/mol. The number of aromatic nitrogens is 2. The topological polar surface area (TPSA) is 58.7 Å². The molecule has 1 aromatic carbocycles. The number of hydrogen-bond acceptors (Lipinski definition) is 4. The van der Waals surface area contributed by atoms with E-state index in [0.29, 0.717) is 10.4 Å². The Hall–Kier alpha value is -1.75. The lowest BCUT2D eigenvalue weighted by Crippen LogP contribution is -2.20. The maximum absolute atomic E-state index is 11.8. The molecule has 1 aromatic heterocycles. The molecule has 0 spiro atoms. The fourth-order valence-electron chi connectivity index (χ4n) is 1.39. The molecule has 0 unspecified atom stereocenters. The predicted molar refractivity (Wildman–Crippen MR) is 61.5 cm³/mol. The van der Waals surface area contributed by atoms with Gasteiger partial charge in [-0.1, -0.05) is 41.7 Å². The van der Waals surface area contributed by atoms with E-state index >= 15 is 0 Å². The fraction of sp³-hybridized carbons (Fsp3) is 0.182. The molecule has 1 N–H and O–H groups in total. The molecule has 0 aliphatic heterocycles. The number of carbonyl (C=O) groups excluding carboxylic acids is 1. The van der Waals surface area contributed by atoms with Gasteiger partial charge in [0.05, 0.1) is 0 Å². The average Bonchev–Trinajstić information content (AvgIpc) is 2.59. The first-order valence-corrected chi connectivity index (χ1v) is 5.66. The molecule has 16 heavy (non-hydrogen) atoms. The fourth-order valence-corrected chi connectivity index (χ4v) is 2.02. The van der Waals surface area contributed by atoms with Gasteiger partial charge in [-0.2, -0.15) is 5.10 Å². The highest BCUT2D eigenvalue weighted by Crippen LogP contribution is 2.02. The van der Waals surface area contributed by atoms with Crippen LogP contribution in [0.1, 0.15) is 15.4 Å². The minimum atomic E-state index is -0.0237. The van der Waals surface area contributed by atoms with Crippen molar-refractivity contribution in [1.82, 2.24) is 9.78 Å². The maximum Gasteiger partial charge on any atom is 0.200 e. The lowest BCUT2D eigenvalue weighted by molar-refractivity contribution is 0.0966. The number of Topliss-reactive ketones (excluding diaryl/α,β-unsaturated/α-hetero) is 1. The van der Waals surface area contributed by atoms with Crippen LogP contribution >= 0.6 is 11.3 Å². The van der Waals surface area contributed by atoms with Gasteiger partial charge in [0.25, 0.3) is 0 Å². The molecule has 0 fully saturated rings. The summed E-state index contributed by atoms with van der Waals surface area (Å²) in [5.41, 5.74) is 0.653. The van der Waals surface area contributed by atoms with Crippen molar-refractivity contribution in [1.29, 1.82) is 5.41 Å². The van der Waals surface area contributed by atoms with Crippen LogP contribution in [0.5, 0.6) is 0 Å². The smallest absolute Gasteiger partial charge is 0.200 e. The van der Waals surface area contributed by atoms with Crippen molar-refractivity contribution in [3.8, 4) is 0 Å². The monoisotopic (exact) mass is 233 g/mol. The quantitative estimate of drug-likeness (QED) is 0.819. The minimum absolute atomic E-state index is 0.0237. The highest BCUT2D eigenvalue weighted by atomic mass is 32.1. The zero-order chi connectivity index (χ0) is 11.5. The minimum Gasteiger partial charge on any atom is -0.292 e. The molecule has 0 amide bonds. The van der Waals surface area contributed by atoms with Gasteiger partial charge in [0.15, 0.2) is 5.78 Å². The highest BCUT2D eigenvalue weighted by Gasteiger charge is 2.08.